The van der Waals surface area contributed by atoms with Crippen LogP contribution in [0.15, 0.2) is 0 Å². The van der Waals surface area contributed by atoms with Gasteiger partial charge >= 0.3 is 0 Å². The summed E-state index contributed by atoms with van der Waals surface area (Å²) in [4.78, 5) is 8.14. The first-order chi connectivity index (χ1) is 8.12. The zero-order valence-electron chi connectivity index (χ0n) is 10.5. The predicted molar refractivity (Wildman–Crippen MR) is 71.6 cm³/mol. The number of aromatic nitrogens is 1. The summed E-state index contributed by atoms with van der Waals surface area (Å²) in [6.45, 7) is 2.20. The SMILES string of the molecule is CN(C)c1nc2c(s1)C(N)C1(CCNCC1)C2. The van der Waals surface area contributed by atoms with Crippen LogP contribution in [0.2, 0.25) is 0 Å². The van der Waals surface area contributed by atoms with Crippen LogP contribution in [0.4, 0.5) is 5.13 Å². The van der Waals surface area contributed by atoms with Gasteiger partial charge in [-0.1, -0.05) is 11.3 Å². The molecule has 5 heteroatoms. The topological polar surface area (TPSA) is 54.2 Å². The fourth-order valence-corrected chi connectivity index (χ4v) is 4.19. The molecule has 0 saturated carbocycles. The van der Waals surface area contributed by atoms with Gasteiger partial charge < -0.3 is 16.0 Å². The number of hydrogen-bond acceptors (Lipinski definition) is 5. The maximum atomic E-state index is 6.49. The van der Waals surface area contributed by atoms with E-state index in [2.05, 4.69) is 10.2 Å². The maximum absolute atomic E-state index is 6.49. The van der Waals surface area contributed by atoms with Gasteiger partial charge in [0.1, 0.15) is 0 Å². The molecule has 0 bridgehead atoms. The average Bonchev–Trinajstić information content (AvgIpc) is 2.81. The third kappa shape index (κ3) is 1.68. The van der Waals surface area contributed by atoms with Crippen LogP contribution in [0.1, 0.15) is 29.5 Å². The Kier molecular flexibility index (Phi) is 2.65. The molecule has 17 heavy (non-hydrogen) atoms. The Hall–Kier alpha value is -0.650. The fraction of sp³-hybridized carbons (Fsp3) is 0.750. The van der Waals surface area contributed by atoms with E-state index in [0.29, 0.717) is 5.41 Å². The smallest absolute Gasteiger partial charge is 0.185 e. The molecule has 1 aliphatic carbocycles. The van der Waals surface area contributed by atoms with Crippen LogP contribution < -0.4 is 16.0 Å². The number of anilines is 1. The monoisotopic (exact) mass is 252 g/mol. The Morgan fingerprint density at radius 2 is 2.12 bits per heavy atom. The summed E-state index contributed by atoms with van der Waals surface area (Å²) in [6, 6.07) is 0.200. The summed E-state index contributed by atoms with van der Waals surface area (Å²) < 4.78 is 0. The summed E-state index contributed by atoms with van der Waals surface area (Å²) >= 11 is 1.78. The molecule has 1 atom stereocenters. The van der Waals surface area contributed by atoms with Gasteiger partial charge in [0.2, 0.25) is 0 Å². The molecular formula is C12H20N4S. The van der Waals surface area contributed by atoms with Gasteiger partial charge in [-0.15, -0.1) is 0 Å². The van der Waals surface area contributed by atoms with Crippen molar-refractivity contribution in [2.45, 2.75) is 25.3 Å². The van der Waals surface area contributed by atoms with E-state index in [9.17, 15) is 0 Å². The van der Waals surface area contributed by atoms with Crippen molar-refractivity contribution in [3.8, 4) is 0 Å². The van der Waals surface area contributed by atoms with Gasteiger partial charge in [-0.2, -0.15) is 0 Å². The Morgan fingerprint density at radius 1 is 1.41 bits per heavy atom. The van der Waals surface area contributed by atoms with Crippen molar-refractivity contribution in [3.63, 3.8) is 0 Å². The fourth-order valence-electron chi connectivity index (χ4n) is 3.05. The molecule has 1 fully saturated rings. The first kappa shape index (κ1) is 11.4. The minimum absolute atomic E-state index is 0.200. The van der Waals surface area contributed by atoms with Crippen molar-refractivity contribution in [3.05, 3.63) is 10.6 Å². The lowest BCUT2D eigenvalue weighted by Gasteiger charge is -2.37. The van der Waals surface area contributed by atoms with Crippen LogP contribution in [0.25, 0.3) is 0 Å². The number of nitrogens with one attached hydrogen (secondary N) is 1. The number of hydrogen-bond donors (Lipinski definition) is 2. The Labute approximate surface area is 106 Å². The average molecular weight is 252 g/mol. The molecule has 1 aromatic heterocycles. The quantitative estimate of drug-likeness (QED) is 0.787. The van der Waals surface area contributed by atoms with Crippen molar-refractivity contribution in [1.82, 2.24) is 10.3 Å². The highest BCUT2D eigenvalue weighted by atomic mass is 32.1. The summed E-state index contributed by atoms with van der Waals surface area (Å²) in [5, 5.41) is 4.52. The lowest BCUT2D eigenvalue weighted by atomic mass is 9.74. The highest BCUT2D eigenvalue weighted by molar-refractivity contribution is 7.15. The number of fused-ring (bicyclic) bond motifs is 1. The third-order valence-electron chi connectivity index (χ3n) is 4.16. The lowest BCUT2D eigenvalue weighted by Crippen LogP contribution is -2.42. The number of nitrogens with two attached hydrogens (primary N) is 1. The van der Waals surface area contributed by atoms with Gasteiger partial charge in [0.15, 0.2) is 5.13 Å². The minimum atomic E-state index is 0.200. The molecule has 2 aliphatic rings. The largest absolute Gasteiger partial charge is 0.354 e. The maximum Gasteiger partial charge on any atom is 0.185 e. The Balaban J connectivity index is 1.90. The van der Waals surface area contributed by atoms with Crippen LogP contribution in [-0.4, -0.2) is 32.2 Å². The molecule has 2 heterocycles. The minimum Gasteiger partial charge on any atom is -0.354 e. The number of nitrogens with zero attached hydrogens (tertiary/aromatic N) is 2. The molecule has 1 saturated heterocycles. The van der Waals surface area contributed by atoms with Crippen molar-refractivity contribution in [2.75, 3.05) is 32.1 Å². The van der Waals surface area contributed by atoms with Crippen LogP contribution in [-0.2, 0) is 6.42 Å². The van der Waals surface area contributed by atoms with Gasteiger partial charge in [0.25, 0.3) is 0 Å². The summed E-state index contributed by atoms with van der Waals surface area (Å²) in [7, 11) is 4.08. The van der Waals surface area contributed by atoms with Crippen molar-refractivity contribution in [1.29, 1.82) is 0 Å². The molecule has 1 aliphatic heterocycles. The first-order valence-corrected chi connectivity index (χ1v) is 7.07. The van der Waals surface area contributed by atoms with Crippen molar-refractivity contribution >= 4 is 16.5 Å². The molecule has 0 aromatic carbocycles. The second kappa shape index (κ2) is 3.93. The zero-order chi connectivity index (χ0) is 12.0. The van der Waals surface area contributed by atoms with Crippen molar-refractivity contribution in [2.24, 2.45) is 11.1 Å². The molecule has 1 unspecified atom stereocenters. The van der Waals surface area contributed by atoms with E-state index in [1.807, 2.05) is 14.1 Å². The molecular weight excluding hydrogens is 232 g/mol. The van der Waals surface area contributed by atoms with Gasteiger partial charge in [-0.05, 0) is 37.8 Å². The molecule has 94 valence electrons. The predicted octanol–water partition coefficient (Wildman–Crippen LogP) is 1.13. The lowest BCUT2D eigenvalue weighted by molar-refractivity contribution is 0.174. The van der Waals surface area contributed by atoms with Crippen LogP contribution in [0.3, 0.4) is 0 Å². The highest BCUT2D eigenvalue weighted by Gasteiger charge is 2.46. The van der Waals surface area contributed by atoms with Crippen LogP contribution in [0.5, 0.6) is 0 Å². The molecule has 3 rings (SSSR count). The van der Waals surface area contributed by atoms with Crippen LogP contribution in [0, 0.1) is 5.41 Å². The zero-order valence-corrected chi connectivity index (χ0v) is 11.3. The summed E-state index contributed by atoms with van der Waals surface area (Å²) in [5.74, 6) is 0. The summed E-state index contributed by atoms with van der Waals surface area (Å²) in [6.07, 6.45) is 3.46. The van der Waals surface area contributed by atoms with E-state index >= 15 is 0 Å². The van der Waals surface area contributed by atoms with Gasteiger partial charge in [-0.3, -0.25) is 0 Å². The van der Waals surface area contributed by atoms with Crippen molar-refractivity contribution < 1.29 is 0 Å². The van der Waals surface area contributed by atoms with E-state index in [0.717, 1.165) is 24.6 Å². The molecule has 4 nitrogen and oxygen atoms in total. The molecule has 3 N–H and O–H groups in total. The van der Waals surface area contributed by atoms with E-state index in [-0.39, 0.29) is 6.04 Å². The molecule has 0 amide bonds. The van der Waals surface area contributed by atoms with Gasteiger partial charge in [0, 0.05) is 25.0 Å². The number of rotatable bonds is 1. The number of piperidine rings is 1. The van der Waals surface area contributed by atoms with Gasteiger partial charge in [-0.25, -0.2) is 4.98 Å². The van der Waals surface area contributed by atoms with Crippen LogP contribution >= 0.6 is 11.3 Å². The molecule has 1 aromatic rings. The van der Waals surface area contributed by atoms with E-state index in [4.69, 9.17) is 10.7 Å². The normalized spacial score (nSPS) is 26.2. The second-order valence-electron chi connectivity index (χ2n) is 5.47. The Morgan fingerprint density at radius 3 is 2.71 bits per heavy atom. The van der Waals surface area contributed by atoms with E-state index < -0.39 is 0 Å². The standard InChI is InChI=1S/C12H20N4S/c1-16(2)11-15-8-7-12(3-5-14-6-4-12)10(13)9(8)17-11/h10,14H,3-7,13H2,1-2H3. The molecule has 1 spiro atoms. The first-order valence-electron chi connectivity index (χ1n) is 6.26. The third-order valence-corrected chi connectivity index (χ3v) is 5.51. The highest BCUT2D eigenvalue weighted by Crippen LogP contribution is 2.52. The number of thiazole rings is 1. The van der Waals surface area contributed by atoms with E-state index in [1.165, 1.54) is 23.4 Å². The Bertz CT molecular complexity index is 420. The van der Waals surface area contributed by atoms with Gasteiger partial charge in [0.05, 0.1) is 5.69 Å². The summed E-state index contributed by atoms with van der Waals surface area (Å²) in [5.41, 5.74) is 8.05. The second-order valence-corrected chi connectivity index (χ2v) is 6.48. The molecule has 0 radical (unpaired) electrons. The van der Waals surface area contributed by atoms with E-state index in [1.54, 1.807) is 11.3 Å².